The summed E-state index contributed by atoms with van der Waals surface area (Å²) in [6.45, 7) is 1.11. The van der Waals surface area contributed by atoms with Crippen molar-refractivity contribution < 1.29 is 26.4 Å². The number of hydrogen-bond donors (Lipinski definition) is 1. The number of amides is 1. The second-order valence-electron chi connectivity index (χ2n) is 6.95. The van der Waals surface area contributed by atoms with E-state index >= 15 is 0 Å². The van der Waals surface area contributed by atoms with Crippen LogP contribution >= 0.6 is 11.8 Å². The fraction of sp³-hybridized carbons (Fsp3) is 0.350. The molecule has 1 saturated heterocycles. The van der Waals surface area contributed by atoms with Crippen LogP contribution in [0.3, 0.4) is 0 Å². The maximum absolute atomic E-state index is 12.7. The number of thioether (sulfide) groups is 1. The van der Waals surface area contributed by atoms with Crippen LogP contribution in [0.4, 0.5) is 18.9 Å². The number of anilines is 1. The molecule has 0 atom stereocenters. The zero-order valence-corrected chi connectivity index (χ0v) is 18.4. The monoisotopic (exact) mass is 473 g/mol. The van der Waals surface area contributed by atoms with E-state index in [0.29, 0.717) is 13.1 Å². The van der Waals surface area contributed by atoms with Crippen LogP contribution in [0.1, 0.15) is 5.56 Å². The molecule has 1 aliphatic rings. The number of piperazine rings is 1. The number of hydrogen-bond acceptors (Lipinski definition) is 5. The van der Waals surface area contributed by atoms with Crippen molar-refractivity contribution >= 4 is 33.4 Å². The summed E-state index contributed by atoms with van der Waals surface area (Å²) in [4.78, 5) is 15.0. The van der Waals surface area contributed by atoms with Crippen LogP contribution in [-0.2, 0) is 21.0 Å². The molecule has 0 radical (unpaired) electrons. The first-order valence-electron chi connectivity index (χ1n) is 9.44. The van der Waals surface area contributed by atoms with Crippen molar-refractivity contribution in [1.29, 1.82) is 0 Å². The lowest BCUT2D eigenvalue weighted by Crippen LogP contribution is -2.50. The van der Waals surface area contributed by atoms with Crippen LogP contribution in [-0.4, -0.2) is 62.5 Å². The number of sulfonamides is 1. The summed E-state index contributed by atoms with van der Waals surface area (Å²) >= 11 is 1.52. The topological polar surface area (TPSA) is 69.7 Å². The first-order valence-corrected chi connectivity index (χ1v) is 12.1. The Labute approximate surface area is 183 Å². The molecule has 3 rings (SSSR count). The number of rotatable bonds is 6. The molecule has 0 bridgehead atoms. The molecule has 1 aliphatic heterocycles. The van der Waals surface area contributed by atoms with Crippen LogP contribution in [0.2, 0.25) is 0 Å². The minimum atomic E-state index is -4.52. The summed E-state index contributed by atoms with van der Waals surface area (Å²) in [7, 11) is -3.90. The lowest BCUT2D eigenvalue weighted by atomic mass is 10.2. The van der Waals surface area contributed by atoms with Crippen molar-refractivity contribution in [2.24, 2.45) is 0 Å². The third-order valence-electron chi connectivity index (χ3n) is 4.90. The van der Waals surface area contributed by atoms with Crippen molar-refractivity contribution in [1.82, 2.24) is 9.21 Å². The lowest BCUT2D eigenvalue weighted by molar-refractivity contribution is -0.137. The average Bonchev–Trinajstić information content (AvgIpc) is 2.74. The van der Waals surface area contributed by atoms with E-state index < -0.39 is 21.8 Å². The summed E-state index contributed by atoms with van der Waals surface area (Å²) in [5, 5.41) is 2.87. The van der Waals surface area contributed by atoms with Crippen molar-refractivity contribution in [3.05, 3.63) is 54.1 Å². The molecule has 168 valence electrons. The van der Waals surface area contributed by atoms with E-state index in [0.717, 1.165) is 34.8 Å². The molecule has 1 fully saturated rings. The Hall–Kier alpha value is -2.08. The maximum Gasteiger partial charge on any atom is 0.416 e. The Morgan fingerprint density at radius 2 is 1.65 bits per heavy atom. The third kappa shape index (κ3) is 5.79. The zero-order chi connectivity index (χ0) is 22.6. The van der Waals surface area contributed by atoms with Gasteiger partial charge in [0.05, 0.1) is 22.7 Å². The average molecular weight is 474 g/mol. The van der Waals surface area contributed by atoms with Crippen molar-refractivity contribution in [3.63, 3.8) is 0 Å². The van der Waals surface area contributed by atoms with Gasteiger partial charge in [-0.15, -0.1) is 11.8 Å². The summed E-state index contributed by atoms with van der Waals surface area (Å²) in [5.41, 5.74) is -0.172. The summed E-state index contributed by atoms with van der Waals surface area (Å²) in [6.07, 6.45) is -2.61. The van der Waals surface area contributed by atoms with E-state index in [1.165, 1.54) is 16.1 Å². The Balaban J connectivity index is 1.56. The lowest BCUT2D eigenvalue weighted by Gasteiger charge is -2.33. The number of carbonyl (C=O) groups excluding carboxylic acids is 1. The van der Waals surface area contributed by atoms with Gasteiger partial charge in [0.25, 0.3) is 0 Å². The van der Waals surface area contributed by atoms with E-state index in [4.69, 9.17) is 0 Å². The van der Waals surface area contributed by atoms with Crippen molar-refractivity contribution in [2.45, 2.75) is 16.0 Å². The number of carbonyl (C=O) groups is 1. The quantitative estimate of drug-likeness (QED) is 0.652. The van der Waals surface area contributed by atoms with E-state index in [2.05, 4.69) is 5.32 Å². The minimum Gasteiger partial charge on any atom is -0.324 e. The Kier molecular flexibility index (Phi) is 7.30. The molecule has 0 spiro atoms. The van der Waals surface area contributed by atoms with Gasteiger partial charge >= 0.3 is 6.18 Å². The standard InChI is InChI=1S/C20H22F3N3O3S2/c1-30-18-5-3-2-4-17(18)24-19(27)14-25-10-12-26(13-11-25)31(28,29)16-8-6-15(7-9-16)20(21,22)23/h2-9H,10-14H2,1H3,(H,24,27). The van der Waals surface area contributed by atoms with E-state index in [1.54, 1.807) is 0 Å². The highest BCUT2D eigenvalue weighted by atomic mass is 32.2. The number of nitrogens with zero attached hydrogens (tertiary/aromatic N) is 2. The van der Waals surface area contributed by atoms with Gasteiger partial charge in [-0.05, 0) is 42.7 Å². The van der Waals surface area contributed by atoms with Crippen LogP contribution in [0.15, 0.2) is 58.3 Å². The van der Waals surface area contributed by atoms with Gasteiger partial charge in [0.15, 0.2) is 0 Å². The van der Waals surface area contributed by atoms with Crippen LogP contribution in [0.25, 0.3) is 0 Å². The molecule has 2 aromatic rings. The van der Waals surface area contributed by atoms with Crippen molar-refractivity contribution in [3.8, 4) is 0 Å². The summed E-state index contributed by atoms with van der Waals surface area (Å²) < 4.78 is 64.8. The van der Waals surface area contributed by atoms with Gasteiger partial charge < -0.3 is 5.32 Å². The third-order valence-corrected chi connectivity index (χ3v) is 7.61. The predicted octanol–water partition coefficient (Wildman–Crippen LogP) is 3.37. The van der Waals surface area contributed by atoms with E-state index in [1.807, 2.05) is 35.4 Å². The first-order chi connectivity index (χ1) is 14.6. The molecule has 0 saturated carbocycles. The molecular weight excluding hydrogens is 451 g/mol. The largest absolute Gasteiger partial charge is 0.416 e. The van der Waals surface area contributed by atoms with Gasteiger partial charge in [0.1, 0.15) is 0 Å². The highest BCUT2D eigenvalue weighted by Gasteiger charge is 2.32. The molecule has 2 aromatic carbocycles. The van der Waals surface area contributed by atoms with E-state index in [-0.39, 0.29) is 30.4 Å². The van der Waals surface area contributed by atoms with Gasteiger partial charge in [0.2, 0.25) is 15.9 Å². The Morgan fingerprint density at radius 1 is 1.03 bits per heavy atom. The maximum atomic E-state index is 12.7. The van der Waals surface area contributed by atoms with Crippen LogP contribution in [0.5, 0.6) is 0 Å². The summed E-state index contributed by atoms with van der Waals surface area (Å²) in [6, 6.07) is 10.9. The second-order valence-corrected chi connectivity index (χ2v) is 9.74. The smallest absolute Gasteiger partial charge is 0.324 e. The van der Waals surface area contributed by atoms with Crippen LogP contribution in [0, 0.1) is 0 Å². The molecule has 1 amide bonds. The Morgan fingerprint density at radius 3 is 2.23 bits per heavy atom. The molecule has 0 unspecified atom stereocenters. The molecule has 0 aliphatic carbocycles. The molecule has 1 heterocycles. The van der Waals surface area contributed by atoms with Crippen molar-refractivity contribution in [2.75, 3.05) is 44.3 Å². The minimum absolute atomic E-state index is 0.122. The van der Waals surface area contributed by atoms with Gasteiger partial charge in [-0.1, -0.05) is 12.1 Å². The van der Waals surface area contributed by atoms with Gasteiger partial charge in [-0.2, -0.15) is 17.5 Å². The van der Waals surface area contributed by atoms with E-state index in [9.17, 15) is 26.4 Å². The highest BCUT2D eigenvalue weighted by molar-refractivity contribution is 7.98. The Bertz CT molecular complexity index is 1020. The fourth-order valence-electron chi connectivity index (χ4n) is 3.23. The SMILES string of the molecule is CSc1ccccc1NC(=O)CN1CCN(S(=O)(=O)c2ccc(C(F)(F)F)cc2)CC1. The highest BCUT2D eigenvalue weighted by Crippen LogP contribution is 2.30. The van der Waals surface area contributed by atoms with Gasteiger partial charge in [0, 0.05) is 31.1 Å². The number of halogens is 3. The molecule has 31 heavy (non-hydrogen) atoms. The molecule has 1 N–H and O–H groups in total. The summed E-state index contributed by atoms with van der Waals surface area (Å²) in [5.74, 6) is -0.194. The zero-order valence-electron chi connectivity index (χ0n) is 16.7. The van der Waals surface area contributed by atoms with Crippen LogP contribution < -0.4 is 5.32 Å². The predicted molar refractivity (Wildman–Crippen MR) is 113 cm³/mol. The number of benzene rings is 2. The number of nitrogens with one attached hydrogen (secondary N) is 1. The molecule has 0 aromatic heterocycles. The molecule has 6 nitrogen and oxygen atoms in total. The first kappa shape index (κ1) is 23.6. The fourth-order valence-corrected chi connectivity index (χ4v) is 5.21. The second kappa shape index (κ2) is 9.60. The number of alkyl halides is 3. The number of para-hydroxylation sites is 1. The molecule has 11 heteroatoms. The molecular formula is C20H22F3N3O3S2. The van der Waals surface area contributed by atoms with Gasteiger partial charge in [-0.25, -0.2) is 8.42 Å². The van der Waals surface area contributed by atoms with Gasteiger partial charge in [-0.3, -0.25) is 9.69 Å². The normalized spacial score (nSPS) is 16.3.